The maximum atomic E-state index is 5.98. The fraction of sp³-hybridized carbons (Fsp3) is 0.0667. The molecule has 5 aromatic rings. The molecule has 0 amide bonds. The summed E-state index contributed by atoms with van der Waals surface area (Å²) in [6, 6.07) is 38.5. The zero-order chi connectivity index (χ0) is 22.1. The Balaban J connectivity index is 1.68. The van der Waals surface area contributed by atoms with Crippen molar-refractivity contribution in [3.8, 4) is 11.1 Å². The minimum absolute atomic E-state index is 0.798. The molecule has 0 saturated heterocycles. The summed E-state index contributed by atoms with van der Waals surface area (Å²) in [5.41, 5.74) is 15.1. The van der Waals surface area contributed by atoms with Crippen LogP contribution < -0.4 is 10.6 Å². The molecule has 2 nitrogen and oxygen atoms in total. The van der Waals surface area contributed by atoms with Gasteiger partial charge in [0.1, 0.15) is 0 Å². The number of hydrogen-bond acceptors (Lipinski definition) is 2. The van der Waals surface area contributed by atoms with Gasteiger partial charge in [-0.15, -0.1) is 0 Å². The second-order valence-corrected chi connectivity index (χ2v) is 8.24. The van der Waals surface area contributed by atoms with E-state index in [2.05, 4.69) is 116 Å². The van der Waals surface area contributed by atoms with Crippen molar-refractivity contribution in [1.82, 2.24) is 0 Å². The molecule has 0 saturated carbocycles. The average molecular weight is 415 g/mol. The molecule has 0 atom stereocenters. The Morgan fingerprint density at radius 3 is 1.97 bits per heavy atom. The van der Waals surface area contributed by atoms with Gasteiger partial charge in [0.15, 0.2) is 0 Å². The minimum atomic E-state index is 0.798. The second-order valence-electron chi connectivity index (χ2n) is 8.24. The lowest BCUT2D eigenvalue weighted by atomic mass is 9.95. The number of para-hydroxylation sites is 1. The van der Waals surface area contributed by atoms with Crippen molar-refractivity contribution in [2.24, 2.45) is 0 Å². The molecule has 5 rings (SSSR count). The molecule has 0 heterocycles. The Labute approximate surface area is 189 Å². The van der Waals surface area contributed by atoms with E-state index in [0.29, 0.717) is 0 Å². The molecule has 0 spiro atoms. The van der Waals surface area contributed by atoms with Crippen LogP contribution in [-0.2, 0) is 0 Å². The van der Waals surface area contributed by atoms with Crippen LogP contribution in [0.2, 0.25) is 0 Å². The number of fused-ring (bicyclic) bond motifs is 1. The first-order valence-electron chi connectivity index (χ1n) is 10.9. The largest absolute Gasteiger partial charge is 0.399 e. The summed E-state index contributed by atoms with van der Waals surface area (Å²) in [6.07, 6.45) is 0. The summed E-state index contributed by atoms with van der Waals surface area (Å²) in [7, 11) is 0. The number of anilines is 4. The highest BCUT2D eigenvalue weighted by molar-refractivity contribution is 5.99. The highest BCUT2D eigenvalue weighted by Crippen LogP contribution is 2.40. The molecule has 0 aromatic heterocycles. The Kier molecular flexibility index (Phi) is 5.12. The van der Waals surface area contributed by atoms with Crippen molar-refractivity contribution in [3.05, 3.63) is 120 Å². The Hall–Kier alpha value is -4.04. The monoisotopic (exact) mass is 414 g/mol. The molecule has 0 radical (unpaired) electrons. The molecule has 0 aliphatic heterocycles. The molecule has 0 unspecified atom stereocenters. The van der Waals surface area contributed by atoms with Gasteiger partial charge in [0.25, 0.3) is 0 Å². The zero-order valence-corrected chi connectivity index (χ0v) is 18.4. The predicted molar refractivity (Wildman–Crippen MR) is 138 cm³/mol. The van der Waals surface area contributed by atoms with Crippen LogP contribution in [0.5, 0.6) is 0 Å². The van der Waals surface area contributed by atoms with Crippen molar-refractivity contribution in [2.45, 2.75) is 13.8 Å². The quantitative estimate of drug-likeness (QED) is 0.300. The van der Waals surface area contributed by atoms with Crippen molar-refractivity contribution < 1.29 is 0 Å². The number of nitrogens with two attached hydrogens (primary N) is 1. The molecule has 0 aliphatic carbocycles. The zero-order valence-electron chi connectivity index (χ0n) is 18.4. The van der Waals surface area contributed by atoms with E-state index in [1.807, 2.05) is 12.1 Å². The summed E-state index contributed by atoms with van der Waals surface area (Å²) in [4.78, 5) is 2.34. The molecular formula is C30H26N2. The molecule has 32 heavy (non-hydrogen) atoms. The molecule has 0 bridgehead atoms. The van der Waals surface area contributed by atoms with Crippen molar-refractivity contribution >= 4 is 33.5 Å². The van der Waals surface area contributed by atoms with Gasteiger partial charge in [0.2, 0.25) is 0 Å². The van der Waals surface area contributed by atoms with E-state index in [9.17, 15) is 0 Å². The first-order valence-corrected chi connectivity index (χ1v) is 10.9. The summed E-state index contributed by atoms with van der Waals surface area (Å²) in [5.74, 6) is 0. The lowest BCUT2D eigenvalue weighted by molar-refractivity contribution is 1.28. The van der Waals surface area contributed by atoms with E-state index in [1.54, 1.807) is 0 Å². The standard InChI is InChI=1S/C30H26N2/c1-21-19-24(31)15-17-27(21)28-18-16-26(20-22(28)2)32(25-11-4-3-5-12-25)30-14-8-10-23-9-6-7-13-29(23)30/h3-20H,31H2,1-2H3. The second kappa shape index (κ2) is 8.24. The van der Waals surface area contributed by atoms with Gasteiger partial charge in [0.05, 0.1) is 5.69 Å². The Morgan fingerprint density at radius 2 is 1.22 bits per heavy atom. The first-order chi connectivity index (χ1) is 15.6. The van der Waals surface area contributed by atoms with Gasteiger partial charge in [-0.1, -0.05) is 66.7 Å². The van der Waals surface area contributed by atoms with Crippen LogP contribution in [0.3, 0.4) is 0 Å². The van der Waals surface area contributed by atoms with Crippen LogP contribution >= 0.6 is 0 Å². The van der Waals surface area contributed by atoms with E-state index in [-0.39, 0.29) is 0 Å². The molecule has 156 valence electrons. The third-order valence-corrected chi connectivity index (χ3v) is 6.03. The molecule has 0 fully saturated rings. The first kappa shape index (κ1) is 19.9. The van der Waals surface area contributed by atoms with E-state index >= 15 is 0 Å². The van der Waals surface area contributed by atoms with Gasteiger partial charge in [0, 0.05) is 22.4 Å². The maximum absolute atomic E-state index is 5.98. The van der Waals surface area contributed by atoms with Crippen LogP contribution in [0.25, 0.3) is 21.9 Å². The number of nitrogen functional groups attached to an aromatic ring is 1. The van der Waals surface area contributed by atoms with E-state index in [1.165, 1.54) is 38.7 Å². The molecule has 0 aliphatic rings. The highest BCUT2D eigenvalue weighted by Gasteiger charge is 2.16. The van der Waals surface area contributed by atoms with Gasteiger partial charge in [-0.05, 0) is 84.0 Å². The van der Waals surface area contributed by atoms with Crippen LogP contribution in [-0.4, -0.2) is 0 Å². The van der Waals surface area contributed by atoms with Gasteiger partial charge in [-0.25, -0.2) is 0 Å². The average Bonchev–Trinajstić information content (AvgIpc) is 2.81. The fourth-order valence-corrected chi connectivity index (χ4v) is 4.49. The fourth-order valence-electron chi connectivity index (χ4n) is 4.49. The van der Waals surface area contributed by atoms with Gasteiger partial charge in [-0.3, -0.25) is 0 Å². The summed E-state index contributed by atoms with van der Waals surface area (Å²) >= 11 is 0. The summed E-state index contributed by atoms with van der Waals surface area (Å²) in [5, 5.41) is 2.46. The predicted octanol–water partition coefficient (Wildman–Crippen LogP) is 8.18. The third-order valence-electron chi connectivity index (χ3n) is 6.03. The normalized spacial score (nSPS) is 10.9. The van der Waals surface area contributed by atoms with Crippen molar-refractivity contribution in [3.63, 3.8) is 0 Å². The van der Waals surface area contributed by atoms with Crippen molar-refractivity contribution in [2.75, 3.05) is 10.6 Å². The van der Waals surface area contributed by atoms with Gasteiger partial charge >= 0.3 is 0 Å². The van der Waals surface area contributed by atoms with Gasteiger partial charge in [-0.2, -0.15) is 0 Å². The third kappa shape index (κ3) is 3.61. The SMILES string of the molecule is Cc1cc(N)ccc1-c1ccc(N(c2ccccc2)c2cccc3ccccc23)cc1C. The highest BCUT2D eigenvalue weighted by atomic mass is 15.1. The summed E-state index contributed by atoms with van der Waals surface area (Å²) in [6.45, 7) is 4.30. The minimum Gasteiger partial charge on any atom is -0.399 e. The molecule has 2 heteroatoms. The lowest BCUT2D eigenvalue weighted by Gasteiger charge is -2.27. The van der Waals surface area contributed by atoms with Crippen LogP contribution in [0.1, 0.15) is 11.1 Å². The van der Waals surface area contributed by atoms with Crippen LogP contribution in [0.4, 0.5) is 22.7 Å². The Bertz CT molecular complexity index is 1400. The van der Waals surface area contributed by atoms with Crippen LogP contribution in [0.15, 0.2) is 109 Å². The van der Waals surface area contributed by atoms with Crippen LogP contribution in [0, 0.1) is 13.8 Å². The number of aryl methyl sites for hydroxylation is 2. The van der Waals surface area contributed by atoms with Crippen molar-refractivity contribution in [1.29, 1.82) is 0 Å². The summed E-state index contributed by atoms with van der Waals surface area (Å²) < 4.78 is 0. The van der Waals surface area contributed by atoms with E-state index < -0.39 is 0 Å². The smallest absolute Gasteiger partial charge is 0.0540 e. The molecule has 5 aromatic carbocycles. The number of hydrogen-bond donors (Lipinski definition) is 1. The number of rotatable bonds is 4. The maximum Gasteiger partial charge on any atom is 0.0540 e. The molecule has 2 N–H and O–H groups in total. The Morgan fingerprint density at radius 1 is 0.562 bits per heavy atom. The van der Waals surface area contributed by atoms with Gasteiger partial charge < -0.3 is 10.6 Å². The van der Waals surface area contributed by atoms with E-state index in [4.69, 9.17) is 5.73 Å². The number of benzene rings is 5. The number of nitrogens with zero attached hydrogens (tertiary/aromatic N) is 1. The lowest BCUT2D eigenvalue weighted by Crippen LogP contribution is -2.10. The topological polar surface area (TPSA) is 29.3 Å². The molecular weight excluding hydrogens is 388 g/mol. The van der Waals surface area contributed by atoms with E-state index in [0.717, 1.165) is 17.1 Å².